The number of halogens is 1. The molecule has 0 atom stereocenters. The van der Waals surface area contributed by atoms with E-state index in [-0.39, 0.29) is 36.7 Å². The van der Waals surface area contributed by atoms with E-state index in [1.54, 1.807) is 38.1 Å². The average molecular weight is 414 g/mol. The Labute approximate surface area is 173 Å². The van der Waals surface area contributed by atoms with Crippen molar-refractivity contribution < 1.29 is 23.5 Å². The number of rotatable bonds is 9. The summed E-state index contributed by atoms with van der Waals surface area (Å²) in [5.41, 5.74) is 3.44. The highest BCUT2D eigenvalue weighted by atomic mass is 19.1. The standard InChI is InChI=1S/C21H23FN4O4/c1-14(2)24-19(27)11-20(28)26-23-12-15-3-9-18(10-4-15)30-13-21(29)25-17-7-5-16(22)6-8-17/h3-10,12,14H,11,13H2,1-2H3,(H,24,27)(H,25,29)(H,26,28)/b23-12+. The van der Waals surface area contributed by atoms with E-state index in [1.165, 1.54) is 30.5 Å². The van der Waals surface area contributed by atoms with Gasteiger partial charge in [-0.2, -0.15) is 5.10 Å². The summed E-state index contributed by atoms with van der Waals surface area (Å²) in [4.78, 5) is 35.0. The second kappa shape index (κ2) is 11.3. The normalized spacial score (nSPS) is 10.7. The number of ether oxygens (including phenoxy) is 1. The first kappa shape index (κ1) is 22.5. The Kier molecular flexibility index (Phi) is 8.49. The monoisotopic (exact) mass is 414 g/mol. The van der Waals surface area contributed by atoms with E-state index in [9.17, 15) is 18.8 Å². The summed E-state index contributed by atoms with van der Waals surface area (Å²) in [6.45, 7) is 3.40. The zero-order valence-electron chi connectivity index (χ0n) is 16.6. The summed E-state index contributed by atoms with van der Waals surface area (Å²) in [7, 11) is 0. The van der Waals surface area contributed by atoms with E-state index in [2.05, 4.69) is 21.2 Å². The summed E-state index contributed by atoms with van der Waals surface area (Å²) in [5, 5.41) is 9.00. The van der Waals surface area contributed by atoms with Crippen molar-refractivity contribution in [2.24, 2.45) is 5.10 Å². The Morgan fingerprint density at radius 2 is 1.67 bits per heavy atom. The van der Waals surface area contributed by atoms with Crippen LogP contribution >= 0.6 is 0 Å². The highest BCUT2D eigenvalue weighted by Crippen LogP contribution is 2.12. The van der Waals surface area contributed by atoms with Crippen LogP contribution in [-0.4, -0.2) is 36.6 Å². The quantitative estimate of drug-likeness (QED) is 0.332. The molecule has 8 nitrogen and oxygen atoms in total. The van der Waals surface area contributed by atoms with Crippen LogP contribution < -0.4 is 20.8 Å². The van der Waals surface area contributed by atoms with E-state index in [4.69, 9.17) is 4.74 Å². The van der Waals surface area contributed by atoms with Gasteiger partial charge in [0.05, 0.1) is 6.21 Å². The molecule has 30 heavy (non-hydrogen) atoms. The van der Waals surface area contributed by atoms with Gasteiger partial charge in [-0.15, -0.1) is 0 Å². The zero-order valence-corrected chi connectivity index (χ0v) is 16.6. The van der Waals surface area contributed by atoms with Gasteiger partial charge in [0.2, 0.25) is 11.8 Å². The lowest BCUT2D eigenvalue weighted by Crippen LogP contribution is -2.34. The van der Waals surface area contributed by atoms with Crippen LogP contribution in [0, 0.1) is 5.82 Å². The summed E-state index contributed by atoms with van der Waals surface area (Å²) in [5.74, 6) is -1.18. The van der Waals surface area contributed by atoms with Crippen molar-refractivity contribution in [3.63, 3.8) is 0 Å². The molecule has 0 heterocycles. The molecule has 0 aliphatic heterocycles. The van der Waals surface area contributed by atoms with Crippen molar-refractivity contribution in [3.05, 3.63) is 59.9 Å². The first-order valence-electron chi connectivity index (χ1n) is 9.21. The predicted molar refractivity (Wildman–Crippen MR) is 111 cm³/mol. The number of amides is 3. The second-order valence-corrected chi connectivity index (χ2v) is 6.60. The van der Waals surface area contributed by atoms with E-state index in [1.807, 2.05) is 0 Å². The van der Waals surface area contributed by atoms with Crippen LogP contribution in [0.25, 0.3) is 0 Å². The molecule has 158 valence electrons. The molecule has 0 radical (unpaired) electrons. The van der Waals surface area contributed by atoms with Crippen molar-refractivity contribution in [1.82, 2.24) is 10.7 Å². The van der Waals surface area contributed by atoms with Gasteiger partial charge >= 0.3 is 0 Å². The molecule has 0 fully saturated rings. The molecule has 0 saturated carbocycles. The number of hydrogen-bond donors (Lipinski definition) is 3. The minimum Gasteiger partial charge on any atom is -0.484 e. The minimum atomic E-state index is -0.517. The van der Waals surface area contributed by atoms with Crippen LogP contribution in [0.2, 0.25) is 0 Å². The topological polar surface area (TPSA) is 109 Å². The maximum atomic E-state index is 12.9. The molecule has 0 saturated heterocycles. The Balaban J connectivity index is 1.74. The lowest BCUT2D eigenvalue weighted by Gasteiger charge is -2.08. The van der Waals surface area contributed by atoms with Gasteiger partial charge in [-0.05, 0) is 67.9 Å². The molecule has 0 bridgehead atoms. The van der Waals surface area contributed by atoms with E-state index in [0.717, 1.165) is 0 Å². The lowest BCUT2D eigenvalue weighted by molar-refractivity contribution is -0.129. The van der Waals surface area contributed by atoms with Crippen molar-refractivity contribution >= 4 is 29.6 Å². The minimum absolute atomic E-state index is 0.0384. The maximum Gasteiger partial charge on any atom is 0.262 e. The largest absolute Gasteiger partial charge is 0.484 e. The molecule has 2 rings (SSSR count). The molecule has 0 aliphatic carbocycles. The smallest absolute Gasteiger partial charge is 0.262 e. The molecule has 0 unspecified atom stereocenters. The molecule has 3 N–H and O–H groups in total. The third kappa shape index (κ3) is 8.51. The number of carbonyl (C=O) groups is 3. The molecule has 3 amide bonds. The summed E-state index contributed by atoms with van der Waals surface area (Å²) < 4.78 is 18.2. The van der Waals surface area contributed by atoms with E-state index >= 15 is 0 Å². The van der Waals surface area contributed by atoms with Crippen LogP contribution in [0.4, 0.5) is 10.1 Å². The lowest BCUT2D eigenvalue weighted by atomic mass is 10.2. The Hall–Kier alpha value is -3.75. The molecule has 0 spiro atoms. The predicted octanol–water partition coefficient (Wildman–Crippen LogP) is 2.21. The summed E-state index contributed by atoms with van der Waals surface area (Å²) in [6.07, 6.45) is 1.12. The van der Waals surface area contributed by atoms with Crippen LogP contribution in [-0.2, 0) is 14.4 Å². The SMILES string of the molecule is CC(C)NC(=O)CC(=O)N/N=C/c1ccc(OCC(=O)Nc2ccc(F)cc2)cc1. The van der Waals surface area contributed by atoms with Crippen molar-refractivity contribution in [3.8, 4) is 5.75 Å². The number of nitrogens with zero attached hydrogens (tertiary/aromatic N) is 1. The second-order valence-electron chi connectivity index (χ2n) is 6.60. The molecule has 0 aromatic heterocycles. The third-order valence-electron chi connectivity index (χ3n) is 3.55. The summed E-state index contributed by atoms with van der Waals surface area (Å²) in [6, 6.07) is 12.0. The van der Waals surface area contributed by atoms with E-state index < -0.39 is 5.91 Å². The average Bonchev–Trinajstić information content (AvgIpc) is 2.68. The third-order valence-corrected chi connectivity index (χ3v) is 3.55. The molecule has 0 aliphatic rings. The van der Waals surface area contributed by atoms with Crippen molar-refractivity contribution in [1.29, 1.82) is 0 Å². The molecular weight excluding hydrogens is 391 g/mol. The Morgan fingerprint density at radius 3 is 2.30 bits per heavy atom. The molecular formula is C21H23FN4O4. The molecule has 2 aromatic rings. The number of hydrazone groups is 1. The first-order chi connectivity index (χ1) is 14.3. The number of benzene rings is 2. The van der Waals surface area contributed by atoms with Gasteiger partial charge in [0, 0.05) is 11.7 Å². The van der Waals surface area contributed by atoms with Gasteiger partial charge in [0.1, 0.15) is 18.0 Å². The highest BCUT2D eigenvalue weighted by Gasteiger charge is 2.09. The Bertz CT molecular complexity index is 896. The van der Waals surface area contributed by atoms with E-state index in [0.29, 0.717) is 17.0 Å². The van der Waals surface area contributed by atoms with Crippen LogP contribution in [0.5, 0.6) is 5.75 Å². The first-order valence-corrected chi connectivity index (χ1v) is 9.21. The maximum absolute atomic E-state index is 12.9. The van der Waals surface area contributed by atoms with Crippen LogP contribution in [0.15, 0.2) is 53.6 Å². The van der Waals surface area contributed by atoms with Crippen molar-refractivity contribution in [2.75, 3.05) is 11.9 Å². The number of hydrogen-bond acceptors (Lipinski definition) is 5. The van der Waals surface area contributed by atoms with Gasteiger partial charge in [-0.1, -0.05) is 0 Å². The van der Waals surface area contributed by atoms with Crippen molar-refractivity contribution in [2.45, 2.75) is 26.3 Å². The highest BCUT2D eigenvalue weighted by molar-refractivity contribution is 5.97. The number of carbonyl (C=O) groups excluding carboxylic acids is 3. The fraction of sp³-hybridized carbons (Fsp3) is 0.238. The van der Waals surface area contributed by atoms with Crippen LogP contribution in [0.1, 0.15) is 25.8 Å². The van der Waals surface area contributed by atoms with Gasteiger partial charge in [0.25, 0.3) is 5.91 Å². The fourth-order valence-corrected chi connectivity index (χ4v) is 2.27. The van der Waals surface area contributed by atoms with Gasteiger partial charge in [-0.3, -0.25) is 14.4 Å². The van der Waals surface area contributed by atoms with Gasteiger partial charge in [0.15, 0.2) is 6.61 Å². The molecule has 9 heteroatoms. The van der Waals surface area contributed by atoms with Gasteiger partial charge < -0.3 is 15.4 Å². The summed E-state index contributed by atoms with van der Waals surface area (Å²) >= 11 is 0. The molecule has 2 aromatic carbocycles. The Morgan fingerprint density at radius 1 is 1.00 bits per heavy atom. The fourth-order valence-electron chi connectivity index (χ4n) is 2.27. The van der Waals surface area contributed by atoms with Crippen LogP contribution in [0.3, 0.4) is 0 Å². The zero-order chi connectivity index (χ0) is 21.9. The number of nitrogens with one attached hydrogen (secondary N) is 3. The van der Waals surface area contributed by atoms with Gasteiger partial charge in [-0.25, -0.2) is 9.82 Å². The number of anilines is 1.